The van der Waals surface area contributed by atoms with Crippen LogP contribution in [-0.4, -0.2) is 76.2 Å². The number of hydrogen-bond donors (Lipinski definition) is 3. The highest BCUT2D eigenvalue weighted by Gasteiger charge is 2.21. The zero-order chi connectivity index (χ0) is 30.5. The highest BCUT2D eigenvalue weighted by Crippen LogP contribution is 2.25. The summed E-state index contributed by atoms with van der Waals surface area (Å²) in [6, 6.07) is 4.89. The number of nitrogens with one attached hydrogen (secondary N) is 3. The zero-order valence-corrected chi connectivity index (χ0v) is 26.3. The summed E-state index contributed by atoms with van der Waals surface area (Å²) in [4.78, 5) is 38.0. The summed E-state index contributed by atoms with van der Waals surface area (Å²) >= 11 is 6.63. The number of hydrogen-bond acceptors (Lipinski definition) is 9. The summed E-state index contributed by atoms with van der Waals surface area (Å²) in [7, 11) is -4.07. The minimum Gasteiger partial charge on any atom is -0.387 e. The number of pyridine rings is 1. The van der Waals surface area contributed by atoms with Crippen LogP contribution in [0.2, 0.25) is 4.34 Å². The molecule has 14 heteroatoms. The fourth-order valence-electron chi connectivity index (χ4n) is 4.35. The van der Waals surface area contributed by atoms with Crippen LogP contribution in [0, 0.1) is 0 Å². The van der Waals surface area contributed by atoms with Gasteiger partial charge in [0.05, 0.1) is 22.8 Å². The predicted molar refractivity (Wildman–Crippen MR) is 170 cm³/mol. The monoisotopic (exact) mass is 635 g/mol. The molecule has 1 aliphatic heterocycles. The highest BCUT2D eigenvalue weighted by molar-refractivity contribution is 7.92. The van der Waals surface area contributed by atoms with Gasteiger partial charge in [-0.3, -0.25) is 14.7 Å². The molecule has 0 atom stereocenters. The number of piperidine rings is 1. The van der Waals surface area contributed by atoms with Crippen molar-refractivity contribution >= 4 is 63.1 Å². The molecule has 1 fully saturated rings. The van der Waals surface area contributed by atoms with E-state index in [9.17, 15) is 18.0 Å². The number of amides is 3. The number of carbonyl (C=O) groups excluding carboxylic acids is 2. The number of anilines is 2. The van der Waals surface area contributed by atoms with Crippen molar-refractivity contribution in [2.24, 2.45) is 4.99 Å². The molecule has 0 aliphatic carbocycles. The van der Waals surface area contributed by atoms with Crippen LogP contribution >= 0.6 is 22.9 Å². The van der Waals surface area contributed by atoms with Crippen molar-refractivity contribution in [3.05, 3.63) is 58.2 Å². The van der Waals surface area contributed by atoms with E-state index in [1.54, 1.807) is 12.1 Å². The Balaban J connectivity index is 1.64. The van der Waals surface area contributed by atoms with Crippen LogP contribution in [-0.2, 0) is 14.8 Å². The van der Waals surface area contributed by atoms with Crippen LogP contribution in [0.25, 0.3) is 0 Å². The van der Waals surface area contributed by atoms with E-state index in [4.69, 9.17) is 11.6 Å². The molecular weight excluding hydrogens is 598 g/mol. The van der Waals surface area contributed by atoms with Gasteiger partial charge in [0.15, 0.2) is 0 Å². The number of rotatable bonds is 14. The number of aromatic nitrogens is 1. The maximum absolute atomic E-state index is 13.5. The van der Waals surface area contributed by atoms with Gasteiger partial charge in [-0.05, 0) is 82.4 Å². The predicted octanol–water partition coefficient (Wildman–Crippen LogP) is 4.66. The summed E-state index contributed by atoms with van der Waals surface area (Å²) in [5.41, 5.74) is 1.73. The van der Waals surface area contributed by atoms with E-state index in [0.29, 0.717) is 17.9 Å². The minimum atomic E-state index is -4.07. The molecule has 11 nitrogen and oxygen atoms in total. The molecule has 3 rings (SSSR count). The standard InChI is InChI=1S/C28H38ClN7O4S2/c1-4-22(31-15-18-35-16-7-6-8-17-35)10-9-21(19-30-3)27(37)36(5-2)25-13-11-23(20-32-25)33-28(38)34-42(39,40)26-14-12-24(29)41-26/h9-14,20,31H,3-8,15-19H2,1-2H3,(H2,33,34,38)/b21-9+,22-10+. The third kappa shape index (κ3) is 9.93. The molecule has 0 unspecified atom stereocenters. The van der Waals surface area contributed by atoms with Gasteiger partial charge in [-0.15, -0.1) is 11.3 Å². The minimum absolute atomic E-state index is 0.0831. The Kier molecular flexibility index (Phi) is 13.0. The summed E-state index contributed by atoms with van der Waals surface area (Å²) < 4.78 is 26.8. The molecule has 1 aliphatic rings. The van der Waals surface area contributed by atoms with Crippen molar-refractivity contribution in [1.29, 1.82) is 0 Å². The average Bonchev–Trinajstić information content (AvgIpc) is 3.43. The summed E-state index contributed by atoms with van der Waals surface area (Å²) in [5.74, 6) is 0.0974. The third-order valence-electron chi connectivity index (χ3n) is 6.54. The first kappa shape index (κ1) is 33.2. The second kappa shape index (κ2) is 16.4. The molecule has 0 spiro atoms. The van der Waals surface area contributed by atoms with Gasteiger partial charge in [0.1, 0.15) is 10.0 Å². The van der Waals surface area contributed by atoms with Gasteiger partial charge in [-0.25, -0.2) is 22.9 Å². The number of nitrogens with zero attached hydrogens (tertiary/aromatic N) is 4. The maximum atomic E-state index is 13.5. The number of carbonyl (C=O) groups is 2. The van der Waals surface area contributed by atoms with Crippen molar-refractivity contribution < 1.29 is 18.0 Å². The summed E-state index contributed by atoms with van der Waals surface area (Å²) in [6.07, 6.45) is 9.65. The Hall–Kier alpha value is -3.26. The largest absolute Gasteiger partial charge is 0.387 e. The van der Waals surface area contributed by atoms with E-state index >= 15 is 0 Å². The van der Waals surface area contributed by atoms with Crippen molar-refractivity contribution in [3.8, 4) is 0 Å². The van der Waals surface area contributed by atoms with Gasteiger partial charge in [0, 0.05) is 30.9 Å². The molecule has 228 valence electrons. The molecule has 2 aromatic heterocycles. The van der Waals surface area contributed by atoms with Gasteiger partial charge >= 0.3 is 6.03 Å². The maximum Gasteiger partial charge on any atom is 0.333 e. The van der Waals surface area contributed by atoms with Crippen molar-refractivity contribution in [2.45, 2.75) is 43.7 Å². The van der Waals surface area contributed by atoms with E-state index in [1.165, 1.54) is 48.6 Å². The molecule has 2 aromatic rings. The third-order valence-corrected chi connectivity index (χ3v) is 9.59. The molecule has 0 radical (unpaired) electrons. The lowest BCUT2D eigenvalue weighted by Gasteiger charge is -2.26. The Morgan fingerprint density at radius 2 is 1.93 bits per heavy atom. The van der Waals surface area contributed by atoms with Crippen molar-refractivity contribution in [2.75, 3.05) is 49.5 Å². The molecule has 3 heterocycles. The smallest absolute Gasteiger partial charge is 0.333 e. The molecule has 42 heavy (non-hydrogen) atoms. The van der Waals surface area contributed by atoms with Crippen LogP contribution in [0.5, 0.6) is 0 Å². The topological polar surface area (TPSA) is 136 Å². The molecule has 0 saturated carbocycles. The molecule has 1 saturated heterocycles. The van der Waals surface area contributed by atoms with Crippen molar-refractivity contribution in [3.63, 3.8) is 0 Å². The SMILES string of the molecule is C=NC/C(=C\C=C(/CC)NCCN1CCCCC1)C(=O)N(CC)c1ccc(NC(=O)NS(=O)(=O)c2ccc(Cl)s2)cn1. The number of thiophene rings is 1. The number of likely N-dealkylation sites (N-methyl/N-ethyl adjacent to an activating group) is 1. The van der Waals surface area contributed by atoms with Crippen LogP contribution in [0.3, 0.4) is 0 Å². The number of aliphatic imine (C=N–C) groups is 1. The Labute approximate surface area is 256 Å². The van der Waals surface area contributed by atoms with Gasteiger partial charge in [0.25, 0.3) is 15.9 Å². The van der Waals surface area contributed by atoms with E-state index < -0.39 is 16.1 Å². The lowest BCUT2D eigenvalue weighted by Crippen LogP contribution is -2.35. The zero-order valence-electron chi connectivity index (χ0n) is 23.9. The van der Waals surface area contributed by atoms with Crippen LogP contribution in [0.15, 0.2) is 63.1 Å². The lowest BCUT2D eigenvalue weighted by atomic mass is 10.1. The second-order valence-electron chi connectivity index (χ2n) is 9.52. The first-order chi connectivity index (χ1) is 20.2. The van der Waals surface area contributed by atoms with Gasteiger partial charge in [-0.2, -0.15) is 0 Å². The average molecular weight is 636 g/mol. The molecule has 0 bridgehead atoms. The molecule has 0 aromatic carbocycles. The Morgan fingerprint density at radius 3 is 2.52 bits per heavy atom. The molecular formula is C28H38ClN7O4S2. The van der Waals surface area contributed by atoms with Gasteiger partial charge in [-0.1, -0.05) is 24.9 Å². The first-order valence-corrected chi connectivity index (χ1v) is 16.5. The normalized spacial score (nSPS) is 14.7. The van der Waals surface area contributed by atoms with Gasteiger partial charge in [0.2, 0.25) is 0 Å². The molecule has 3 amide bonds. The van der Waals surface area contributed by atoms with E-state index in [1.807, 2.05) is 17.7 Å². The quantitative estimate of drug-likeness (QED) is 0.156. The fraction of sp³-hybridized carbons (Fsp3) is 0.429. The number of urea groups is 1. The van der Waals surface area contributed by atoms with Crippen LogP contribution in [0.1, 0.15) is 39.5 Å². The van der Waals surface area contributed by atoms with Crippen molar-refractivity contribution in [1.82, 2.24) is 19.9 Å². The van der Waals surface area contributed by atoms with Crippen LogP contribution in [0.4, 0.5) is 16.3 Å². The number of allylic oxidation sites excluding steroid dienone is 3. The Morgan fingerprint density at radius 1 is 1.17 bits per heavy atom. The number of likely N-dealkylation sites (tertiary alicyclic amines) is 1. The lowest BCUT2D eigenvalue weighted by molar-refractivity contribution is -0.115. The van der Waals surface area contributed by atoms with Gasteiger partial charge < -0.3 is 15.5 Å². The Bertz CT molecular complexity index is 1390. The number of sulfonamides is 1. The summed E-state index contributed by atoms with van der Waals surface area (Å²) in [6.45, 7) is 12.1. The van der Waals surface area contributed by atoms with Crippen LogP contribution < -0.4 is 20.3 Å². The highest BCUT2D eigenvalue weighted by atomic mass is 35.5. The van der Waals surface area contributed by atoms with E-state index in [0.717, 1.165) is 49.6 Å². The fourth-order valence-corrected chi connectivity index (χ4v) is 6.74. The van der Waals surface area contributed by atoms with E-state index in [2.05, 4.69) is 39.2 Å². The summed E-state index contributed by atoms with van der Waals surface area (Å²) in [5, 5.41) is 5.91. The van der Waals surface area contributed by atoms with E-state index in [-0.39, 0.29) is 26.7 Å². The number of halogens is 1. The second-order valence-corrected chi connectivity index (χ2v) is 13.1. The first-order valence-electron chi connectivity index (χ1n) is 13.8. The molecule has 3 N–H and O–H groups in total.